The van der Waals surface area contributed by atoms with Crippen molar-refractivity contribution in [2.75, 3.05) is 12.4 Å². The Hall–Kier alpha value is -3.38. The van der Waals surface area contributed by atoms with Gasteiger partial charge >= 0.3 is 0 Å². The molecule has 0 aliphatic carbocycles. The Bertz CT molecular complexity index is 1260. The van der Waals surface area contributed by atoms with Crippen LogP contribution in [0, 0.1) is 0 Å². The van der Waals surface area contributed by atoms with Gasteiger partial charge in [0.15, 0.2) is 5.82 Å². The van der Waals surface area contributed by atoms with Crippen LogP contribution in [-0.4, -0.2) is 27.0 Å². The van der Waals surface area contributed by atoms with Crippen LogP contribution in [0.2, 0.25) is 0 Å². The van der Waals surface area contributed by atoms with E-state index >= 15 is 0 Å². The molecule has 27 heavy (non-hydrogen) atoms. The first-order valence-corrected chi connectivity index (χ1v) is 9.43. The van der Waals surface area contributed by atoms with E-state index in [2.05, 4.69) is 45.6 Å². The maximum atomic E-state index is 4.73. The number of benzene rings is 2. The number of nitrogens with zero attached hydrogens (tertiary/aromatic N) is 4. The molecule has 0 spiro atoms. The molecule has 0 aliphatic rings. The molecule has 5 aromatic rings. The largest absolute Gasteiger partial charge is 0.373 e. The highest BCUT2D eigenvalue weighted by atomic mass is 32.1. The molecule has 3 heterocycles. The van der Waals surface area contributed by atoms with E-state index in [9.17, 15) is 0 Å². The average Bonchev–Trinajstić information content (AvgIpc) is 3.21. The van der Waals surface area contributed by atoms with Crippen LogP contribution in [0.4, 0.5) is 5.82 Å². The fraction of sp³-hybridized carbons (Fsp3) is 0.0476. The number of nitrogens with one attached hydrogen (secondary N) is 1. The zero-order chi connectivity index (χ0) is 18.2. The summed E-state index contributed by atoms with van der Waals surface area (Å²) in [6.45, 7) is 0. The number of pyridine rings is 1. The Morgan fingerprint density at radius 3 is 2.63 bits per heavy atom. The standard InChI is InChI=1S/C21H15N5S/c1-22-21-16-9-13(14-5-7-19-18(10-14)24-12-27-19)4-6-17(16)25-20(26-21)15-3-2-8-23-11-15/h2-12H,1H3,(H,22,25,26). The van der Waals surface area contributed by atoms with Crippen LogP contribution in [-0.2, 0) is 0 Å². The van der Waals surface area contributed by atoms with E-state index in [1.165, 1.54) is 4.70 Å². The van der Waals surface area contributed by atoms with Crippen molar-refractivity contribution in [1.29, 1.82) is 0 Å². The maximum absolute atomic E-state index is 4.73. The Balaban J connectivity index is 1.66. The zero-order valence-electron chi connectivity index (χ0n) is 14.5. The van der Waals surface area contributed by atoms with Crippen molar-refractivity contribution in [3.8, 4) is 22.5 Å². The summed E-state index contributed by atoms with van der Waals surface area (Å²) in [6, 6.07) is 16.5. The smallest absolute Gasteiger partial charge is 0.163 e. The number of anilines is 1. The number of hydrogen-bond acceptors (Lipinski definition) is 6. The van der Waals surface area contributed by atoms with Crippen molar-refractivity contribution in [2.24, 2.45) is 0 Å². The SMILES string of the molecule is CNc1nc(-c2cccnc2)nc2ccc(-c3ccc4scnc4c3)cc12. The number of aromatic nitrogens is 4. The van der Waals surface area contributed by atoms with E-state index in [0.717, 1.165) is 38.9 Å². The quantitative estimate of drug-likeness (QED) is 0.484. The molecular weight excluding hydrogens is 354 g/mol. The first kappa shape index (κ1) is 15.8. The lowest BCUT2D eigenvalue weighted by atomic mass is 10.0. The third-order valence-electron chi connectivity index (χ3n) is 4.52. The number of thiazole rings is 1. The topological polar surface area (TPSA) is 63.6 Å². The Kier molecular flexibility index (Phi) is 3.76. The van der Waals surface area contributed by atoms with Crippen molar-refractivity contribution in [3.63, 3.8) is 0 Å². The van der Waals surface area contributed by atoms with Crippen molar-refractivity contribution < 1.29 is 0 Å². The van der Waals surface area contributed by atoms with E-state index in [-0.39, 0.29) is 0 Å². The number of hydrogen-bond donors (Lipinski definition) is 1. The van der Waals surface area contributed by atoms with Gasteiger partial charge in [-0.1, -0.05) is 12.1 Å². The van der Waals surface area contributed by atoms with Crippen molar-refractivity contribution in [3.05, 3.63) is 66.4 Å². The fourth-order valence-electron chi connectivity index (χ4n) is 3.16. The molecule has 0 saturated heterocycles. The molecule has 0 saturated carbocycles. The van der Waals surface area contributed by atoms with Gasteiger partial charge < -0.3 is 5.32 Å². The molecule has 5 rings (SSSR count). The van der Waals surface area contributed by atoms with Gasteiger partial charge in [0.2, 0.25) is 0 Å². The minimum atomic E-state index is 0.664. The molecule has 0 unspecified atom stereocenters. The highest BCUT2D eigenvalue weighted by molar-refractivity contribution is 7.16. The highest BCUT2D eigenvalue weighted by Gasteiger charge is 2.11. The molecule has 5 nitrogen and oxygen atoms in total. The molecule has 0 amide bonds. The molecule has 0 bridgehead atoms. The van der Waals surface area contributed by atoms with Gasteiger partial charge in [0.05, 0.1) is 21.2 Å². The van der Waals surface area contributed by atoms with Crippen LogP contribution in [0.3, 0.4) is 0 Å². The zero-order valence-corrected chi connectivity index (χ0v) is 15.4. The van der Waals surface area contributed by atoms with E-state index in [0.29, 0.717) is 5.82 Å². The lowest BCUT2D eigenvalue weighted by Crippen LogP contribution is -1.99. The van der Waals surface area contributed by atoms with E-state index in [1.54, 1.807) is 23.7 Å². The molecule has 0 aliphatic heterocycles. The van der Waals surface area contributed by atoms with Gasteiger partial charge in [0, 0.05) is 30.4 Å². The van der Waals surface area contributed by atoms with Gasteiger partial charge in [-0.05, 0) is 47.5 Å². The number of fused-ring (bicyclic) bond motifs is 2. The van der Waals surface area contributed by atoms with Gasteiger partial charge in [-0.15, -0.1) is 11.3 Å². The third kappa shape index (κ3) is 2.80. The normalized spacial score (nSPS) is 11.1. The van der Waals surface area contributed by atoms with Gasteiger partial charge in [-0.25, -0.2) is 15.0 Å². The Morgan fingerprint density at radius 1 is 0.889 bits per heavy atom. The van der Waals surface area contributed by atoms with Crippen LogP contribution < -0.4 is 5.32 Å². The van der Waals surface area contributed by atoms with Crippen molar-refractivity contribution in [2.45, 2.75) is 0 Å². The summed E-state index contributed by atoms with van der Waals surface area (Å²) >= 11 is 1.65. The van der Waals surface area contributed by atoms with Gasteiger partial charge in [-0.3, -0.25) is 4.98 Å². The molecule has 0 fully saturated rings. The minimum absolute atomic E-state index is 0.664. The molecular formula is C21H15N5S. The predicted octanol–water partition coefficient (Wildman–Crippen LogP) is 5.01. The van der Waals surface area contributed by atoms with Crippen LogP contribution in [0.1, 0.15) is 0 Å². The second-order valence-electron chi connectivity index (χ2n) is 6.15. The first-order valence-electron chi connectivity index (χ1n) is 8.55. The second-order valence-corrected chi connectivity index (χ2v) is 7.04. The third-order valence-corrected chi connectivity index (χ3v) is 5.33. The highest BCUT2D eigenvalue weighted by Crippen LogP contribution is 2.31. The molecule has 0 atom stereocenters. The number of rotatable bonds is 3. The Morgan fingerprint density at radius 2 is 1.78 bits per heavy atom. The van der Waals surface area contributed by atoms with Crippen molar-refractivity contribution in [1.82, 2.24) is 19.9 Å². The van der Waals surface area contributed by atoms with Gasteiger partial charge in [0.1, 0.15) is 5.82 Å². The Labute approximate surface area is 159 Å². The lowest BCUT2D eigenvalue weighted by molar-refractivity contribution is 1.20. The average molecular weight is 369 g/mol. The fourth-order valence-corrected chi connectivity index (χ4v) is 3.82. The summed E-state index contributed by atoms with van der Waals surface area (Å²) in [7, 11) is 1.88. The summed E-state index contributed by atoms with van der Waals surface area (Å²) in [5.74, 6) is 1.46. The van der Waals surface area contributed by atoms with E-state index in [1.807, 2.05) is 30.8 Å². The van der Waals surface area contributed by atoms with Crippen LogP contribution in [0.15, 0.2) is 66.4 Å². The molecule has 130 valence electrons. The minimum Gasteiger partial charge on any atom is -0.373 e. The first-order chi connectivity index (χ1) is 13.3. The predicted molar refractivity (Wildman–Crippen MR) is 111 cm³/mol. The second kappa shape index (κ2) is 6.41. The summed E-state index contributed by atoms with van der Waals surface area (Å²) in [4.78, 5) is 18.0. The van der Waals surface area contributed by atoms with Crippen LogP contribution in [0.5, 0.6) is 0 Å². The van der Waals surface area contributed by atoms with Crippen molar-refractivity contribution >= 4 is 38.3 Å². The lowest BCUT2D eigenvalue weighted by Gasteiger charge is -2.10. The monoisotopic (exact) mass is 369 g/mol. The molecule has 3 aromatic heterocycles. The molecule has 0 radical (unpaired) electrons. The van der Waals surface area contributed by atoms with E-state index < -0.39 is 0 Å². The summed E-state index contributed by atoms with van der Waals surface area (Å²) < 4.78 is 1.19. The molecule has 1 N–H and O–H groups in total. The van der Waals surface area contributed by atoms with Crippen LogP contribution in [0.25, 0.3) is 43.6 Å². The summed E-state index contributed by atoms with van der Waals surface area (Å²) in [6.07, 6.45) is 3.52. The molecule has 2 aromatic carbocycles. The molecule has 6 heteroatoms. The van der Waals surface area contributed by atoms with Gasteiger partial charge in [-0.2, -0.15) is 0 Å². The van der Waals surface area contributed by atoms with E-state index in [4.69, 9.17) is 9.97 Å². The van der Waals surface area contributed by atoms with Crippen LogP contribution >= 0.6 is 11.3 Å². The van der Waals surface area contributed by atoms with Gasteiger partial charge in [0.25, 0.3) is 0 Å². The summed E-state index contributed by atoms with van der Waals surface area (Å²) in [5.41, 5.74) is 6.94. The summed E-state index contributed by atoms with van der Waals surface area (Å²) in [5, 5.41) is 4.19. The maximum Gasteiger partial charge on any atom is 0.163 e.